The van der Waals surface area contributed by atoms with Crippen molar-refractivity contribution in [3.63, 3.8) is 0 Å². The van der Waals surface area contributed by atoms with E-state index in [1.54, 1.807) is 6.07 Å². The molecule has 2 atom stereocenters. The van der Waals surface area contributed by atoms with E-state index in [4.69, 9.17) is 39.5 Å². The Bertz CT molecular complexity index is 1130. The number of rotatable bonds is 6. The van der Waals surface area contributed by atoms with Gasteiger partial charge in [-0.25, -0.2) is 4.68 Å². The fourth-order valence-electron chi connectivity index (χ4n) is 4.15. The van der Waals surface area contributed by atoms with E-state index in [1.165, 1.54) is 0 Å². The Morgan fingerprint density at radius 1 is 0.971 bits per heavy atom. The summed E-state index contributed by atoms with van der Waals surface area (Å²) in [5, 5.41) is 15.0. The van der Waals surface area contributed by atoms with Crippen molar-refractivity contribution in [1.82, 2.24) is 25.1 Å². The van der Waals surface area contributed by atoms with E-state index in [0.29, 0.717) is 28.3 Å². The maximum absolute atomic E-state index is 6.42. The zero-order chi connectivity index (χ0) is 24.3. The minimum Gasteiger partial charge on any atom is -0.379 e. The molecule has 6 nitrogen and oxygen atoms in total. The van der Waals surface area contributed by atoms with Crippen molar-refractivity contribution in [3.8, 4) is 0 Å². The van der Waals surface area contributed by atoms with Gasteiger partial charge in [0.05, 0.1) is 25.3 Å². The van der Waals surface area contributed by atoms with Crippen molar-refractivity contribution in [2.24, 2.45) is 5.41 Å². The maximum Gasteiger partial charge on any atom is 0.173 e. The Labute approximate surface area is 215 Å². The first-order chi connectivity index (χ1) is 16.2. The molecule has 0 radical (unpaired) electrons. The summed E-state index contributed by atoms with van der Waals surface area (Å²) < 4.78 is 7.53. The molecule has 1 aliphatic heterocycles. The lowest BCUT2D eigenvalue weighted by molar-refractivity contribution is 0.0210. The second kappa shape index (κ2) is 10.8. The largest absolute Gasteiger partial charge is 0.379 e. The third kappa shape index (κ3) is 5.81. The minimum atomic E-state index is -0.172. The molecule has 0 unspecified atom stereocenters. The standard InChI is InChI=1S/C25H28Cl3N5O/c1-25(2,3)22(11-7-17-4-10-20(27)16-21(17)28)33-24(29-30-31-33)23(32-12-14-34-15-13-32)18-5-8-19(26)9-6-18/h4-11,16,22-23H,12-15H2,1-3H3/t22-,23+/m1/s1. The first-order valence-electron chi connectivity index (χ1n) is 11.2. The van der Waals surface area contributed by atoms with Crippen molar-refractivity contribution >= 4 is 40.9 Å². The molecule has 0 amide bonds. The number of hydrogen-bond donors (Lipinski definition) is 0. The highest BCUT2D eigenvalue weighted by Gasteiger charge is 2.34. The Morgan fingerprint density at radius 2 is 1.65 bits per heavy atom. The highest BCUT2D eigenvalue weighted by atomic mass is 35.5. The molecule has 0 aliphatic carbocycles. The van der Waals surface area contributed by atoms with Gasteiger partial charge in [0.1, 0.15) is 0 Å². The van der Waals surface area contributed by atoms with Crippen LogP contribution in [0, 0.1) is 5.41 Å². The molecule has 0 bridgehead atoms. The summed E-state index contributed by atoms with van der Waals surface area (Å²) in [6, 6.07) is 13.1. The zero-order valence-electron chi connectivity index (χ0n) is 19.5. The summed E-state index contributed by atoms with van der Waals surface area (Å²) in [7, 11) is 0. The molecule has 1 saturated heterocycles. The molecule has 34 heavy (non-hydrogen) atoms. The minimum absolute atomic E-state index is 0.125. The van der Waals surface area contributed by atoms with Gasteiger partial charge in [-0.2, -0.15) is 0 Å². The highest BCUT2D eigenvalue weighted by molar-refractivity contribution is 6.35. The first-order valence-corrected chi connectivity index (χ1v) is 12.4. The van der Waals surface area contributed by atoms with E-state index in [-0.39, 0.29) is 17.5 Å². The Kier molecular flexibility index (Phi) is 7.95. The maximum atomic E-state index is 6.42. The lowest BCUT2D eigenvalue weighted by Crippen LogP contribution is -2.41. The number of ether oxygens (including phenoxy) is 1. The van der Waals surface area contributed by atoms with Crippen molar-refractivity contribution in [2.45, 2.75) is 32.9 Å². The normalized spacial score (nSPS) is 17.2. The topological polar surface area (TPSA) is 56.1 Å². The quantitative estimate of drug-likeness (QED) is 0.379. The van der Waals surface area contributed by atoms with E-state index in [1.807, 2.05) is 47.2 Å². The van der Waals surface area contributed by atoms with Gasteiger partial charge in [0.15, 0.2) is 5.82 Å². The number of morpholine rings is 1. The van der Waals surface area contributed by atoms with Gasteiger partial charge in [0, 0.05) is 28.2 Å². The summed E-state index contributed by atoms with van der Waals surface area (Å²) in [5.74, 6) is 0.774. The number of allylic oxidation sites excluding steroid dienone is 1. The van der Waals surface area contributed by atoms with Gasteiger partial charge in [-0.15, -0.1) is 5.10 Å². The second-order valence-electron chi connectivity index (χ2n) is 9.42. The van der Waals surface area contributed by atoms with E-state index >= 15 is 0 Å². The van der Waals surface area contributed by atoms with Gasteiger partial charge < -0.3 is 4.74 Å². The van der Waals surface area contributed by atoms with Crippen LogP contribution in [0.3, 0.4) is 0 Å². The molecule has 2 aromatic carbocycles. The molecule has 4 rings (SSSR count). The van der Waals surface area contributed by atoms with Crippen molar-refractivity contribution in [3.05, 3.63) is 80.6 Å². The number of halogens is 3. The lowest BCUT2D eigenvalue weighted by Gasteiger charge is -2.36. The molecule has 3 aromatic rings. The van der Waals surface area contributed by atoms with Gasteiger partial charge in [0.2, 0.25) is 0 Å². The van der Waals surface area contributed by atoms with E-state index in [0.717, 1.165) is 30.0 Å². The second-order valence-corrected chi connectivity index (χ2v) is 10.7. The van der Waals surface area contributed by atoms with E-state index in [9.17, 15) is 0 Å². The number of benzene rings is 2. The van der Waals surface area contributed by atoms with Gasteiger partial charge in [-0.1, -0.05) is 85.9 Å². The summed E-state index contributed by atoms with van der Waals surface area (Å²) in [6.45, 7) is 9.43. The van der Waals surface area contributed by atoms with Crippen LogP contribution in [0.5, 0.6) is 0 Å². The van der Waals surface area contributed by atoms with Crippen LogP contribution in [-0.2, 0) is 4.74 Å². The molecule has 1 fully saturated rings. The Hall–Kier alpha value is -1.96. The van der Waals surface area contributed by atoms with Crippen LogP contribution in [0.1, 0.15) is 49.8 Å². The SMILES string of the molecule is CC(C)(C)[C@@H](C=Cc1ccc(Cl)cc1Cl)n1nnnc1[C@H](c1ccc(Cl)cc1)N1CCOCC1. The van der Waals surface area contributed by atoms with Gasteiger partial charge >= 0.3 is 0 Å². The lowest BCUT2D eigenvalue weighted by atomic mass is 9.86. The van der Waals surface area contributed by atoms with Gasteiger partial charge in [-0.3, -0.25) is 4.90 Å². The molecule has 2 heterocycles. The molecule has 180 valence electrons. The average molecular weight is 521 g/mol. The van der Waals surface area contributed by atoms with E-state index < -0.39 is 0 Å². The first kappa shape index (κ1) is 25.1. The van der Waals surface area contributed by atoms with Crippen LogP contribution < -0.4 is 0 Å². The molecule has 1 aromatic heterocycles. The van der Waals surface area contributed by atoms with Crippen LogP contribution in [0.15, 0.2) is 48.5 Å². The summed E-state index contributed by atoms with van der Waals surface area (Å²) in [5.41, 5.74) is 1.80. The number of aromatic nitrogens is 4. The van der Waals surface area contributed by atoms with Crippen molar-refractivity contribution in [1.29, 1.82) is 0 Å². The molecule has 9 heteroatoms. The van der Waals surface area contributed by atoms with Crippen LogP contribution in [0.2, 0.25) is 15.1 Å². The number of nitrogens with zero attached hydrogens (tertiary/aromatic N) is 5. The fourth-order valence-corrected chi connectivity index (χ4v) is 4.75. The third-order valence-electron chi connectivity index (χ3n) is 5.93. The Morgan fingerprint density at radius 3 is 2.29 bits per heavy atom. The molecular weight excluding hydrogens is 493 g/mol. The van der Waals surface area contributed by atoms with Crippen molar-refractivity contribution in [2.75, 3.05) is 26.3 Å². The summed E-state index contributed by atoms with van der Waals surface area (Å²) >= 11 is 18.7. The molecular formula is C25H28Cl3N5O. The molecule has 0 saturated carbocycles. The Balaban J connectivity index is 1.76. The highest BCUT2D eigenvalue weighted by Crippen LogP contribution is 2.37. The molecule has 0 spiro atoms. The fraction of sp³-hybridized carbons (Fsp3) is 0.400. The number of tetrazole rings is 1. The smallest absolute Gasteiger partial charge is 0.173 e. The predicted octanol–water partition coefficient (Wildman–Crippen LogP) is 6.36. The third-order valence-corrected chi connectivity index (χ3v) is 6.75. The van der Waals surface area contributed by atoms with Crippen LogP contribution in [0.25, 0.3) is 6.08 Å². The molecule has 0 N–H and O–H groups in total. The monoisotopic (exact) mass is 519 g/mol. The summed E-state index contributed by atoms with van der Waals surface area (Å²) in [4.78, 5) is 2.36. The van der Waals surface area contributed by atoms with Gasteiger partial charge in [-0.05, 0) is 51.2 Å². The predicted molar refractivity (Wildman–Crippen MR) is 137 cm³/mol. The van der Waals surface area contributed by atoms with Crippen LogP contribution in [0.4, 0.5) is 0 Å². The summed E-state index contributed by atoms with van der Waals surface area (Å²) in [6.07, 6.45) is 4.11. The van der Waals surface area contributed by atoms with E-state index in [2.05, 4.69) is 47.3 Å². The molecule has 1 aliphatic rings. The zero-order valence-corrected chi connectivity index (χ0v) is 21.7. The number of hydrogen-bond acceptors (Lipinski definition) is 5. The van der Waals surface area contributed by atoms with Crippen LogP contribution >= 0.6 is 34.8 Å². The van der Waals surface area contributed by atoms with Gasteiger partial charge in [0.25, 0.3) is 0 Å². The van der Waals surface area contributed by atoms with Crippen molar-refractivity contribution < 1.29 is 4.74 Å². The average Bonchev–Trinajstić information content (AvgIpc) is 3.25. The van der Waals surface area contributed by atoms with Crippen LogP contribution in [-0.4, -0.2) is 51.4 Å².